The molecule has 0 spiro atoms. The van der Waals surface area contributed by atoms with E-state index in [4.69, 9.17) is 14.7 Å². The Labute approximate surface area is 202 Å². The molecule has 8 nitrogen and oxygen atoms in total. The monoisotopic (exact) mass is 502 g/mol. The molecule has 2 N–H and O–H groups in total. The molecule has 0 radical (unpaired) electrons. The number of benzene rings is 2. The molecule has 4 rings (SSSR count). The summed E-state index contributed by atoms with van der Waals surface area (Å²) in [5, 5.41) is 12.2. The Morgan fingerprint density at radius 3 is 2.50 bits per heavy atom. The fraction of sp³-hybridized carbons (Fsp3) is 0.333. The number of amides is 1. The predicted molar refractivity (Wildman–Crippen MR) is 128 cm³/mol. The van der Waals surface area contributed by atoms with Crippen molar-refractivity contribution in [1.29, 1.82) is 0 Å². The zero-order valence-electron chi connectivity index (χ0n) is 18.5. The number of nitrogens with zero attached hydrogens (tertiary/aromatic N) is 1. The van der Waals surface area contributed by atoms with Crippen molar-refractivity contribution in [2.75, 3.05) is 19.8 Å². The van der Waals surface area contributed by atoms with Crippen molar-refractivity contribution >= 4 is 27.1 Å². The molecular weight excluding hydrogens is 476 g/mol. The highest BCUT2D eigenvalue weighted by atomic mass is 32.2. The molecule has 1 fully saturated rings. The summed E-state index contributed by atoms with van der Waals surface area (Å²) in [6.45, 7) is 0.706. The van der Waals surface area contributed by atoms with Gasteiger partial charge in [-0.3, -0.25) is 10.0 Å². The van der Waals surface area contributed by atoms with Crippen LogP contribution >= 0.6 is 11.3 Å². The molecule has 180 valence electrons. The minimum absolute atomic E-state index is 0.00117. The first-order valence-corrected chi connectivity index (χ1v) is 13.3. The Hall–Kier alpha value is -2.79. The van der Waals surface area contributed by atoms with Crippen LogP contribution in [0, 0.1) is 0 Å². The highest BCUT2D eigenvalue weighted by Gasteiger charge is 2.52. The maximum atomic E-state index is 13.3. The molecule has 0 saturated carbocycles. The first-order chi connectivity index (χ1) is 16.5. The van der Waals surface area contributed by atoms with E-state index in [1.54, 1.807) is 23.5 Å². The van der Waals surface area contributed by atoms with Crippen LogP contribution in [0.5, 0.6) is 5.75 Å². The number of hydroxylamine groups is 1. The smallest absolute Gasteiger partial charge is 0.265 e. The minimum Gasteiger partial charge on any atom is -0.494 e. The van der Waals surface area contributed by atoms with Gasteiger partial charge in [-0.15, -0.1) is 11.3 Å². The van der Waals surface area contributed by atoms with E-state index < -0.39 is 20.5 Å². The number of hydrogen-bond donors (Lipinski definition) is 2. The van der Waals surface area contributed by atoms with Crippen molar-refractivity contribution in [3.63, 3.8) is 0 Å². The van der Waals surface area contributed by atoms with Crippen molar-refractivity contribution < 1.29 is 27.9 Å². The minimum atomic E-state index is -4.05. The Kier molecular flexibility index (Phi) is 7.62. The maximum Gasteiger partial charge on any atom is 0.265 e. The van der Waals surface area contributed by atoms with E-state index in [0.29, 0.717) is 12.4 Å². The Morgan fingerprint density at radius 2 is 1.82 bits per heavy atom. The molecule has 2 aromatic carbocycles. The van der Waals surface area contributed by atoms with Crippen LogP contribution in [-0.2, 0) is 25.8 Å². The normalized spacial score (nSPS) is 15.6. The van der Waals surface area contributed by atoms with Crippen LogP contribution in [0.25, 0.3) is 10.6 Å². The summed E-state index contributed by atoms with van der Waals surface area (Å²) >= 11 is 1.62. The van der Waals surface area contributed by atoms with Crippen LogP contribution in [0.1, 0.15) is 25.0 Å². The summed E-state index contributed by atoms with van der Waals surface area (Å²) < 4.78 is 35.8. The van der Waals surface area contributed by atoms with Crippen LogP contribution < -0.4 is 10.2 Å². The molecule has 0 aliphatic carbocycles. The molecule has 1 amide bonds. The molecule has 2 heterocycles. The summed E-state index contributed by atoms with van der Waals surface area (Å²) in [7, 11) is -4.05. The second kappa shape index (κ2) is 10.6. The number of hydrogen-bond acceptors (Lipinski definition) is 8. The third-order valence-corrected chi connectivity index (χ3v) is 9.34. The van der Waals surface area contributed by atoms with Gasteiger partial charge in [0, 0.05) is 24.2 Å². The second-order valence-corrected chi connectivity index (χ2v) is 11.1. The molecule has 1 aromatic heterocycles. The van der Waals surface area contributed by atoms with Gasteiger partial charge in [0.15, 0.2) is 14.6 Å². The van der Waals surface area contributed by atoms with Crippen LogP contribution in [0.3, 0.4) is 0 Å². The van der Waals surface area contributed by atoms with Crippen molar-refractivity contribution in [1.82, 2.24) is 10.5 Å². The van der Waals surface area contributed by atoms with Gasteiger partial charge >= 0.3 is 0 Å². The van der Waals surface area contributed by atoms with E-state index >= 15 is 0 Å². The van der Waals surface area contributed by atoms with Gasteiger partial charge in [-0.2, -0.15) is 0 Å². The predicted octanol–water partition coefficient (Wildman–Crippen LogP) is 3.65. The van der Waals surface area contributed by atoms with Gasteiger partial charge in [0.1, 0.15) is 10.8 Å². The molecule has 3 aromatic rings. The van der Waals surface area contributed by atoms with Crippen LogP contribution in [0.2, 0.25) is 0 Å². The summed E-state index contributed by atoms with van der Waals surface area (Å²) in [5.41, 5.74) is 3.63. The third kappa shape index (κ3) is 5.00. The van der Waals surface area contributed by atoms with Gasteiger partial charge in [0.2, 0.25) is 0 Å². The molecule has 34 heavy (non-hydrogen) atoms. The Balaban J connectivity index is 1.34. The highest BCUT2D eigenvalue weighted by molar-refractivity contribution is 7.93. The highest BCUT2D eigenvalue weighted by Crippen LogP contribution is 2.35. The third-order valence-electron chi connectivity index (χ3n) is 5.88. The van der Waals surface area contributed by atoms with Crippen molar-refractivity contribution in [3.05, 3.63) is 65.7 Å². The lowest BCUT2D eigenvalue weighted by Crippen LogP contribution is -2.54. The fourth-order valence-corrected chi connectivity index (χ4v) is 6.74. The molecule has 1 aliphatic rings. The zero-order valence-corrected chi connectivity index (χ0v) is 20.1. The van der Waals surface area contributed by atoms with E-state index in [1.165, 1.54) is 17.6 Å². The fourth-order valence-electron chi connectivity index (χ4n) is 3.94. The topological polar surface area (TPSA) is 115 Å². The molecular formula is C24H26N2O6S2. The van der Waals surface area contributed by atoms with Crippen LogP contribution in [0.15, 0.2) is 64.9 Å². The van der Waals surface area contributed by atoms with Gasteiger partial charge < -0.3 is 9.47 Å². The number of rotatable bonds is 9. The molecule has 0 unspecified atom stereocenters. The van der Waals surface area contributed by atoms with Crippen molar-refractivity contribution in [2.24, 2.45) is 0 Å². The number of aryl methyl sites for hydroxylation is 1. The number of nitrogens with one attached hydrogen (secondary N) is 1. The SMILES string of the molecule is O=C(NO)C1(S(=O)(=O)c2ccc(OCCCc3csc(-c4ccccc4)n3)cc2)CCOCC1. The molecule has 1 saturated heterocycles. The first kappa shape index (κ1) is 24.3. The van der Waals surface area contributed by atoms with E-state index in [1.807, 2.05) is 30.3 Å². The standard InChI is InChI=1S/C24H26N2O6S2/c27-23(26-28)24(12-15-31-16-13-24)34(29,30)21-10-8-20(9-11-21)32-14-4-7-19-17-33-22(25-19)18-5-2-1-3-6-18/h1-3,5-6,8-11,17,28H,4,7,12-16H2,(H,26,27). The van der Waals surface area contributed by atoms with E-state index in [-0.39, 0.29) is 31.0 Å². The van der Waals surface area contributed by atoms with Crippen molar-refractivity contribution in [2.45, 2.75) is 35.3 Å². The van der Waals surface area contributed by atoms with E-state index in [0.717, 1.165) is 29.1 Å². The Bertz CT molecular complexity index is 1200. The average molecular weight is 503 g/mol. The van der Waals surface area contributed by atoms with Gasteiger partial charge in [0.05, 0.1) is 17.2 Å². The lowest BCUT2D eigenvalue weighted by atomic mass is 9.98. The summed E-state index contributed by atoms with van der Waals surface area (Å²) in [6, 6.07) is 16.0. The maximum absolute atomic E-state index is 13.3. The number of aromatic nitrogens is 1. The quantitative estimate of drug-likeness (QED) is 0.261. The number of ether oxygens (including phenoxy) is 2. The first-order valence-electron chi connectivity index (χ1n) is 11.0. The number of carbonyl (C=O) groups is 1. The molecule has 0 bridgehead atoms. The Morgan fingerprint density at radius 1 is 1.12 bits per heavy atom. The van der Waals surface area contributed by atoms with E-state index in [9.17, 15) is 13.2 Å². The van der Waals surface area contributed by atoms with Gasteiger partial charge in [-0.05, 0) is 49.9 Å². The number of sulfone groups is 1. The van der Waals surface area contributed by atoms with Gasteiger partial charge in [-0.1, -0.05) is 30.3 Å². The van der Waals surface area contributed by atoms with Crippen molar-refractivity contribution in [3.8, 4) is 16.3 Å². The summed E-state index contributed by atoms with van der Waals surface area (Å²) in [6.07, 6.45) is 1.49. The summed E-state index contributed by atoms with van der Waals surface area (Å²) in [4.78, 5) is 17.0. The lowest BCUT2D eigenvalue weighted by molar-refractivity contribution is -0.134. The van der Waals surface area contributed by atoms with Gasteiger partial charge in [0.25, 0.3) is 5.91 Å². The van der Waals surface area contributed by atoms with Crippen LogP contribution in [0.4, 0.5) is 0 Å². The van der Waals surface area contributed by atoms with Gasteiger partial charge in [-0.25, -0.2) is 18.9 Å². The molecule has 10 heteroatoms. The van der Waals surface area contributed by atoms with E-state index in [2.05, 4.69) is 10.4 Å². The molecule has 1 aliphatic heterocycles. The van der Waals surface area contributed by atoms with Crippen LogP contribution in [-0.4, -0.2) is 49.1 Å². The molecule has 0 atom stereocenters. The summed E-state index contributed by atoms with van der Waals surface area (Å²) in [5.74, 6) is -0.400. The largest absolute Gasteiger partial charge is 0.494 e. The number of thiazole rings is 1. The number of carbonyl (C=O) groups excluding carboxylic acids is 1. The second-order valence-electron chi connectivity index (χ2n) is 7.98. The lowest BCUT2D eigenvalue weighted by Gasteiger charge is -2.34. The zero-order chi connectivity index (χ0) is 24.0. The average Bonchev–Trinajstić information content (AvgIpc) is 3.36.